The largest absolute Gasteiger partial charge is 0.480 e. The Bertz CT molecular complexity index is 290. The first-order chi connectivity index (χ1) is 7.31. The summed E-state index contributed by atoms with van der Waals surface area (Å²) in [4.78, 5) is 23.1. The van der Waals surface area contributed by atoms with E-state index in [1.54, 1.807) is 0 Å². The van der Waals surface area contributed by atoms with E-state index in [0.717, 1.165) is 4.90 Å². The van der Waals surface area contributed by atoms with Crippen LogP contribution in [0.1, 0.15) is 25.7 Å². The van der Waals surface area contributed by atoms with Crippen LogP contribution in [0.2, 0.25) is 0 Å². The van der Waals surface area contributed by atoms with Crippen LogP contribution in [0.3, 0.4) is 0 Å². The molecule has 0 aromatic rings. The first kappa shape index (κ1) is 12.8. The number of amides is 1. The van der Waals surface area contributed by atoms with Crippen molar-refractivity contribution >= 4 is 11.9 Å². The minimum Gasteiger partial charge on any atom is -0.480 e. The van der Waals surface area contributed by atoms with E-state index >= 15 is 0 Å². The molecule has 16 heavy (non-hydrogen) atoms. The summed E-state index contributed by atoms with van der Waals surface area (Å²) in [5.41, 5.74) is 0. The maximum atomic E-state index is 11.9. The van der Waals surface area contributed by atoms with E-state index in [0.29, 0.717) is 12.8 Å². The summed E-state index contributed by atoms with van der Waals surface area (Å²) < 4.78 is 35.6. The normalized spacial score (nSPS) is 21.2. The number of carbonyl (C=O) groups is 2. The number of nitrogens with zero attached hydrogens (tertiary/aromatic N) is 1. The van der Waals surface area contributed by atoms with Crippen LogP contribution in [0.15, 0.2) is 0 Å². The smallest absolute Gasteiger partial charge is 0.389 e. The molecule has 0 unspecified atom stereocenters. The molecule has 1 aliphatic heterocycles. The van der Waals surface area contributed by atoms with Crippen LogP contribution in [-0.4, -0.2) is 40.6 Å². The van der Waals surface area contributed by atoms with E-state index < -0.39 is 36.9 Å². The molecular formula is C9H12F3NO3. The van der Waals surface area contributed by atoms with E-state index in [4.69, 9.17) is 5.11 Å². The molecule has 1 atom stereocenters. The van der Waals surface area contributed by atoms with Crippen LogP contribution < -0.4 is 0 Å². The fourth-order valence-electron chi connectivity index (χ4n) is 1.71. The zero-order valence-electron chi connectivity index (χ0n) is 8.46. The lowest BCUT2D eigenvalue weighted by atomic mass is 10.2. The van der Waals surface area contributed by atoms with Crippen molar-refractivity contribution in [3.05, 3.63) is 0 Å². The van der Waals surface area contributed by atoms with Crippen LogP contribution in [0.4, 0.5) is 13.2 Å². The van der Waals surface area contributed by atoms with Crippen molar-refractivity contribution in [2.75, 3.05) is 6.54 Å². The Morgan fingerprint density at radius 2 is 2.00 bits per heavy atom. The van der Waals surface area contributed by atoms with Gasteiger partial charge >= 0.3 is 12.1 Å². The van der Waals surface area contributed by atoms with Crippen LogP contribution in [0.25, 0.3) is 0 Å². The standard InChI is InChI=1S/C9H12F3NO3/c10-9(11,12)4-3-7(14)13-5-1-2-6(13)8(15)16/h6H,1-5H2,(H,15,16)/t6-/m0/s1. The van der Waals surface area contributed by atoms with Gasteiger partial charge in [-0.2, -0.15) is 13.2 Å². The molecule has 1 saturated heterocycles. The van der Waals surface area contributed by atoms with Gasteiger partial charge in [0.1, 0.15) is 6.04 Å². The molecule has 1 rings (SSSR count). The topological polar surface area (TPSA) is 57.6 Å². The van der Waals surface area contributed by atoms with Crippen LogP contribution >= 0.6 is 0 Å². The van der Waals surface area contributed by atoms with E-state index in [-0.39, 0.29) is 6.54 Å². The number of likely N-dealkylation sites (tertiary alicyclic amines) is 1. The lowest BCUT2D eigenvalue weighted by molar-refractivity contribution is -0.154. The Kier molecular flexibility index (Phi) is 3.77. The van der Waals surface area contributed by atoms with Crippen molar-refractivity contribution in [1.82, 2.24) is 4.90 Å². The van der Waals surface area contributed by atoms with Gasteiger partial charge in [0.15, 0.2) is 0 Å². The highest BCUT2D eigenvalue weighted by molar-refractivity contribution is 5.84. The summed E-state index contributed by atoms with van der Waals surface area (Å²) in [7, 11) is 0. The molecule has 0 aromatic heterocycles. The van der Waals surface area contributed by atoms with Crippen LogP contribution in [-0.2, 0) is 9.59 Å². The molecule has 0 spiro atoms. The lowest BCUT2D eigenvalue weighted by Gasteiger charge is -2.21. The first-order valence-corrected chi connectivity index (χ1v) is 4.90. The average molecular weight is 239 g/mol. The number of carboxylic acid groups (broad SMARTS) is 1. The quantitative estimate of drug-likeness (QED) is 0.810. The van der Waals surface area contributed by atoms with Gasteiger partial charge in [-0.1, -0.05) is 0 Å². The molecule has 92 valence electrons. The van der Waals surface area contributed by atoms with Crippen molar-refractivity contribution < 1.29 is 27.9 Å². The van der Waals surface area contributed by atoms with Crippen molar-refractivity contribution in [2.24, 2.45) is 0 Å². The Morgan fingerprint density at radius 3 is 2.50 bits per heavy atom. The summed E-state index contributed by atoms with van der Waals surface area (Å²) in [6.45, 7) is 0.230. The van der Waals surface area contributed by atoms with Crippen molar-refractivity contribution in [1.29, 1.82) is 0 Å². The highest BCUT2D eigenvalue weighted by Gasteiger charge is 2.35. The van der Waals surface area contributed by atoms with Crippen LogP contribution in [0.5, 0.6) is 0 Å². The van der Waals surface area contributed by atoms with Crippen molar-refractivity contribution in [3.63, 3.8) is 0 Å². The van der Waals surface area contributed by atoms with E-state index in [1.807, 2.05) is 0 Å². The minimum absolute atomic E-state index is 0.230. The second kappa shape index (κ2) is 4.71. The Labute approximate surface area is 90.0 Å². The molecule has 1 N–H and O–H groups in total. The zero-order chi connectivity index (χ0) is 12.3. The van der Waals surface area contributed by atoms with Crippen molar-refractivity contribution in [2.45, 2.75) is 37.9 Å². The third-order valence-corrected chi connectivity index (χ3v) is 2.48. The predicted molar refractivity (Wildman–Crippen MR) is 47.7 cm³/mol. The Hall–Kier alpha value is -1.27. The molecule has 4 nitrogen and oxygen atoms in total. The number of rotatable bonds is 3. The summed E-state index contributed by atoms with van der Waals surface area (Å²) >= 11 is 0. The first-order valence-electron chi connectivity index (χ1n) is 4.90. The monoisotopic (exact) mass is 239 g/mol. The van der Waals surface area contributed by atoms with Gasteiger partial charge in [-0.05, 0) is 12.8 Å². The van der Waals surface area contributed by atoms with Crippen LogP contribution in [0, 0.1) is 0 Å². The molecule has 1 heterocycles. The number of carbonyl (C=O) groups excluding carboxylic acids is 1. The second-order valence-corrected chi connectivity index (χ2v) is 3.70. The highest BCUT2D eigenvalue weighted by Crippen LogP contribution is 2.24. The molecule has 1 amide bonds. The predicted octanol–water partition coefficient (Wildman–Crippen LogP) is 1.40. The summed E-state index contributed by atoms with van der Waals surface area (Å²) in [6.07, 6.45) is -5.42. The number of aliphatic carboxylic acids is 1. The Morgan fingerprint density at radius 1 is 1.38 bits per heavy atom. The van der Waals surface area contributed by atoms with Gasteiger partial charge in [-0.25, -0.2) is 4.79 Å². The minimum atomic E-state index is -4.38. The molecule has 0 radical (unpaired) electrons. The second-order valence-electron chi connectivity index (χ2n) is 3.70. The lowest BCUT2D eigenvalue weighted by Crippen LogP contribution is -2.40. The fourth-order valence-corrected chi connectivity index (χ4v) is 1.71. The molecule has 0 aliphatic carbocycles. The highest BCUT2D eigenvalue weighted by atomic mass is 19.4. The van der Waals surface area contributed by atoms with Gasteiger partial charge in [-0.15, -0.1) is 0 Å². The summed E-state index contributed by atoms with van der Waals surface area (Å²) in [6, 6.07) is -0.958. The van der Waals surface area contributed by atoms with Gasteiger partial charge in [-0.3, -0.25) is 4.79 Å². The molecule has 1 aliphatic rings. The molecular weight excluding hydrogens is 227 g/mol. The van der Waals surface area contributed by atoms with E-state index in [2.05, 4.69) is 0 Å². The molecule has 0 bridgehead atoms. The number of hydrogen-bond donors (Lipinski definition) is 1. The average Bonchev–Trinajstić information content (AvgIpc) is 2.61. The van der Waals surface area contributed by atoms with Gasteiger partial charge in [0.25, 0.3) is 0 Å². The SMILES string of the molecule is O=C(O)[C@@H]1CCCN1C(=O)CCC(F)(F)F. The molecule has 0 saturated carbocycles. The van der Waals surface area contributed by atoms with Gasteiger partial charge in [0, 0.05) is 13.0 Å². The third-order valence-electron chi connectivity index (χ3n) is 2.48. The maximum absolute atomic E-state index is 11.9. The number of carboxylic acids is 1. The third kappa shape index (κ3) is 3.39. The molecule has 7 heteroatoms. The zero-order valence-corrected chi connectivity index (χ0v) is 8.46. The maximum Gasteiger partial charge on any atom is 0.389 e. The van der Waals surface area contributed by atoms with Gasteiger partial charge in [0.05, 0.1) is 6.42 Å². The molecule has 1 fully saturated rings. The fraction of sp³-hybridized carbons (Fsp3) is 0.778. The number of hydrogen-bond acceptors (Lipinski definition) is 2. The Balaban J connectivity index is 2.50. The van der Waals surface area contributed by atoms with E-state index in [1.165, 1.54) is 0 Å². The van der Waals surface area contributed by atoms with Crippen molar-refractivity contribution in [3.8, 4) is 0 Å². The number of alkyl halides is 3. The van der Waals surface area contributed by atoms with Gasteiger partial charge in [0.2, 0.25) is 5.91 Å². The van der Waals surface area contributed by atoms with Gasteiger partial charge < -0.3 is 10.0 Å². The summed E-state index contributed by atoms with van der Waals surface area (Å²) in [5, 5.41) is 8.74. The number of halogens is 3. The summed E-state index contributed by atoms with van der Waals surface area (Å²) in [5.74, 6) is -1.89. The molecule has 0 aromatic carbocycles. The van der Waals surface area contributed by atoms with E-state index in [9.17, 15) is 22.8 Å².